The van der Waals surface area contributed by atoms with Crippen molar-refractivity contribution in [1.29, 1.82) is 0 Å². The zero-order valence-corrected chi connectivity index (χ0v) is 11.6. The first-order chi connectivity index (χ1) is 9.49. The van der Waals surface area contributed by atoms with E-state index in [2.05, 4.69) is 5.16 Å². The zero-order chi connectivity index (χ0) is 15.1. The molecule has 0 saturated heterocycles. The second-order valence-corrected chi connectivity index (χ2v) is 4.57. The average Bonchev–Trinajstić information content (AvgIpc) is 2.40. The molecule has 0 aromatic heterocycles. The largest absolute Gasteiger partial charge is 0.409 e. The summed E-state index contributed by atoms with van der Waals surface area (Å²) < 4.78 is 19.0. The number of nitrogens with two attached hydrogens (primary N) is 1. The predicted molar refractivity (Wildman–Crippen MR) is 73.1 cm³/mol. The normalized spacial score (nSPS) is 13.8. The number of rotatable bonds is 7. The van der Waals surface area contributed by atoms with Gasteiger partial charge in [-0.3, -0.25) is 4.90 Å². The van der Waals surface area contributed by atoms with Gasteiger partial charge in [-0.2, -0.15) is 0 Å². The maximum absolute atomic E-state index is 14.2. The molecule has 0 saturated carbocycles. The Kier molecular flexibility index (Phi) is 6.37. The van der Waals surface area contributed by atoms with Crippen molar-refractivity contribution in [3.8, 4) is 0 Å². The minimum Gasteiger partial charge on any atom is -0.409 e. The first-order valence-electron chi connectivity index (χ1n) is 6.10. The number of hydrogen-bond donors (Lipinski definition) is 3. The highest BCUT2D eigenvalue weighted by molar-refractivity contribution is 5.97. The molecule has 4 N–H and O–H groups in total. The van der Waals surface area contributed by atoms with Gasteiger partial charge in [0.15, 0.2) is 5.84 Å². The monoisotopic (exact) mass is 285 g/mol. The van der Waals surface area contributed by atoms with Crippen LogP contribution in [0.15, 0.2) is 23.4 Å². The molecule has 0 radical (unpaired) electrons. The minimum atomic E-state index is -0.639. The standard InChI is InChI=1S/C13H20FN3O3/c1-17(7-10(18)8-20-2)6-9-4-3-5-11(12(9)14)13(15)16-19/h3-5,10,18-19H,6-8H2,1-2H3,(H2,15,16). The summed E-state index contributed by atoms with van der Waals surface area (Å²) >= 11 is 0. The summed E-state index contributed by atoms with van der Waals surface area (Å²) in [5.41, 5.74) is 5.86. The lowest BCUT2D eigenvalue weighted by molar-refractivity contribution is 0.0417. The number of amidine groups is 1. The predicted octanol–water partition coefficient (Wildman–Crippen LogP) is 0.359. The summed E-state index contributed by atoms with van der Waals surface area (Å²) in [6.07, 6.45) is -0.639. The van der Waals surface area contributed by atoms with Gasteiger partial charge in [0.05, 0.1) is 18.3 Å². The molecule has 6 nitrogen and oxygen atoms in total. The van der Waals surface area contributed by atoms with Crippen molar-refractivity contribution in [3.05, 3.63) is 35.1 Å². The van der Waals surface area contributed by atoms with Crippen LogP contribution in [0.2, 0.25) is 0 Å². The van der Waals surface area contributed by atoms with Crippen molar-refractivity contribution in [3.63, 3.8) is 0 Å². The molecule has 7 heteroatoms. The van der Waals surface area contributed by atoms with Gasteiger partial charge in [-0.25, -0.2) is 4.39 Å². The summed E-state index contributed by atoms with van der Waals surface area (Å²) in [5, 5.41) is 21.0. The van der Waals surface area contributed by atoms with Crippen molar-refractivity contribution >= 4 is 5.84 Å². The first-order valence-corrected chi connectivity index (χ1v) is 6.10. The van der Waals surface area contributed by atoms with Gasteiger partial charge in [0.2, 0.25) is 0 Å². The third kappa shape index (κ3) is 4.44. The van der Waals surface area contributed by atoms with Crippen LogP contribution in [0.1, 0.15) is 11.1 Å². The van der Waals surface area contributed by atoms with Crippen LogP contribution >= 0.6 is 0 Å². The molecular weight excluding hydrogens is 265 g/mol. The molecule has 0 spiro atoms. The molecule has 20 heavy (non-hydrogen) atoms. The molecule has 0 aliphatic rings. The molecule has 0 bridgehead atoms. The summed E-state index contributed by atoms with van der Waals surface area (Å²) in [6.45, 7) is 0.858. The quantitative estimate of drug-likeness (QED) is 0.291. The highest BCUT2D eigenvalue weighted by Gasteiger charge is 2.14. The van der Waals surface area contributed by atoms with Crippen LogP contribution in [0.25, 0.3) is 0 Å². The fourth-order valence-corrected chi connectivity index (χ4v) is 1.91. The number of oxime groups is 1. The van der Waals surface area contributed by atoms with Gasteiger partial charge in [-0.05, 0) is 13.1 Å². The Labute approximate surface area is 117 Å². The number of halogens is 1. The number of benzene rings is 1. The molecule has 1 rings (SSSR count). The van der Waals surface area contributed by atoms with Crippen molar-refractivity contribution in [2.45, 2.75) is 12.6 Å². The minimum absolute atomic E-state index is 0.0517. The number of ether oxygens (including phenoxy) is 1. The molecule has 1 aromatic carbocycles. The zero-order valence-electron chi connectivity index (χ0n) is 11.6. The van der Waals surface area contributed by atoms with Crippen LogP contribution in [0.4, 0.5) is 4.39 Å². The van der Waals surface area contributed by atoms with Gasteiger partial charge in [-0.1, -0.05) is 17.3 Å². The number of aliphatic hydroxyl groups is 1. The Hall–Kier alpha value is -1.70. The van der Waals surface area contributed by atoms with Crippen molar-refractivity contribution < 1.29 is 19.4 Å². The third-order valence-corrected chi connectivity index (χ3v) is 2.78. The molecule has 0 fully saturated rings. The number of likely N-dealkylation sites (N-methyl/N-ethyl adjacent to an activating group) is 1. The van der Waals surface area contributed by atoms with Gasteiger partial charge >= 0.3 is 0 Å². The molecule has 112 valence electrons. The number of aliphatic hydroxyl groups excluding tert-OH is 1. The SMILES string of the molecule is COCC(O)CN(C)Cc1cccc(/C(N)=N/O)c1F. The van der Waals surface area contributed by atoms with E-state index >= 15 is 0 Å². The number of nitrogens with zero attached hydrogens (tertiary/aromatic N) is 2. The Bertz CT molecular complexity index is 468. The van der Waals surface area contributed by atoms with E-state index in [0.29, 0.717) is 18.7 Å². The van der Waals surface area contributed by atoms with E-state index in [9.17, 15) is 9.50 Å². The Morgan fingerprint density at radius 3 is 2.85 bits per heavy atom. The maximum atomic E-state index is 14.2. The molecule has 1 unspecified atom stereocenters. The van der Waals surface area contributed by atoms with Gasteiger partial charge in [-0.15, -0.1) is 0 Å². The summed E-state index contributed by atoms with van der Waals surface area (Å²) in [4.78, 5) is 1.76. The van der Waals surface area contributed by atoms with Crippen molar-refractivity contribution in [2.24, 2.45) is 10.9 Å². The number of methoxy groups -OCH3 is 1. The summed E-state index contributed by atoms with van der Waals surface area (Å²) in [6, 6.07) is 4.68. The smallest absolute Gasteiger partial charge is 0.173 e. The van der Waals surface area contributed by atoms with Crippen LogP contribution in [0.3, 0.4) is 0 Å². The van der Waals surface area contributed by atoms with E-state index in [4.69, 9.17) is 15.7 Å². The molecule has 0 heterocycles. The number of hydrogen-bond acceptors (Lipinski definition) is 5. The van der Waals surface area contributed by atoms with E-state index in [1.165, 1.54) is 13.2 Å². The molecule has 0 aliphatic heterocycles. The fourth-order valence-electron chi connectivity index (χ4n) is 1.91. The van der Waals surface area contributed by atoms with Crippen LogP contribution in [-0.2, 0) is 11.3 Å². The molecule has 0 amide bonds. The second kappa shape index (κ2) is 7.78. The van der Waals surface area contributed by atoms with E-state index in [0.717, 1.165) is 0 Å². The first kappa shape index (κ1) is 16.4. The van der Waals surface area contributed by atoms with E-state index in [-0.39, 0.29) is 18.0 Å². The lowest BCUT2D eigenvalue weighted by Crippen LogP contribution is -2.32. The summed E-state index contributed by atoms with van der Waals surface area (Å²) in [7, 11) is 3.26. The fraction of sp³-hybridized carbons (Fsp3) is 0.462. The lowest BCUT2D eigenvalue weighted by atomic mass is 10.1. The van der Waals surface area contributed by atoms with Crippen LogP contribution in [-0.4, -0.2) is 54.5 Å². The maximum Gasteiger partial charge on any atom is 0.173 e. The van der Waals surface area contributed by atoms with Crippen LogP contribution in [0.5, 0.6) is 0 Å². The van der Waals surface area contributed by atoms with E-state index in [1.807, 2.05) is 0 Å². The molecule has 1 atom stereocenters. The van der Waals surface area contributed by atoms with Crippen molar-refractivity contribution in [2.75, 3.05) is 27.3 Å². The van der Waals surface area contributed by atoms with Gasteiger partial charge in [0.1, 0.15) is 5.82 Å². The van der Waals surface area contributed by atoms with Crippen LogP contribution in [0, 0.1) is 5.82 Å². The van der Waals surface area contributed by atoms with Gasteiger partial charge in [0, 0.05) is 25.8 Å². The van der Waals surface area contributed by atoms with Gasteiger partial charge in [0.25, 0.3) is 0 Å². The Morgan fingerprint density at radius 2 is 2.25 bits per heavy atom. The van der Waals surface area contributed by atoms with Crippen LogP contribution < -0.4 is 5.73 Å². The molecule has 1 aromatic rings. The third-order valence-electron chi connectivity index (χ3n) is 2.78. The Morgan fingerprint density at radius 1 is 1.55 bits per heavy atom. The highest BCUT2D eigenvalue weighted by Crippen LogP contribution is 2.14. The summed E-state index contributed by atoms with van der Waals surface area (Å²) in [5.74, 6) is -0.803. The Balaban J connectivity index is 2.78. The molecule has 0 aliphatic carbocycles. The van der Waals surface area contributed by atoms with E-state index in [1.54, 1.807) is 24.1 Å². The topological polar surface area (TPSA) is 91.3 Å². The molecular formula is C13H20FN3O3. The van der Waals surface area contributed by atoms with Crippen molar-refractivity contribution in [1.82, 2.24) is 4.90 Å². The lowest BCUT2D eigenvalue weighted by Gasteiger charge is -2.20. The highest BCUT2D eigenvalue weighted by atomic mass is 19.1. The second-order valence-electron chi connectivity index (χ2n) is 4.57. The van der Waals surface area contributed by atoms with E-state index < -0.39 is 11.9 Å². The van der Waals surface area contributed by atoms with Gasteiger partial charge < -0.3 is 20.8 Å². The average molecular weight is 285 g/mol.